The van der Waals surface area contributed by atoms with Crippen LogP contribution in [-0.2, 0) is 9.53 Å². The third-order valence-electron chi connectivity index (χ3n) is 12.6. The van der Waals surface area contributed by atoms with E-state index >= 15 is 0 Å². The smallest absolute Gasteiger partial charge is 0.309 e. The zero-order valence-corrected chi connectivity index (χ0v) is 27.1. The van der Waals surface area contributed by atoms with Crippen LogP contribution in [0.3, 0.4) is 0 Å². The molecule has 4 aliphatic carbocycles. The van der Waals surface area contributed by atoms with Gasteiger partial charge in [-0.25, -0.2) is 0 Å². The molecule has 0 aromatic heterocycles. The average molecular weight is 632 g/mol. The van der Waals surface area contributed by atoms with Gasteiger partial charge in [-0.2, -0.15) is 0 Å². The molecule has 0 saturated heterocycles. The monoisotopic (exact) mass is 630 g/mol. The minimum absolute atomic E-state index is 0.181. The van der Waals surface area contributed by atoms with Gasteiger partial charge < -0.3 is 14.9 Å². The number of Topliss-reactive ketones (excluding diaryl/α,β-unsaturated/α-hetero) is 1. The lowest BCUT2D eigenvalue weighted by molar-refractivity contribution is -0.174. The number of hydrogen-bond donors (Lipinski definition) is 2. The van der Waals surface area contributed by atoms with Crippen molar-refractivity contribution in [1.82, 2.24) is 0 Å². The predicted octanol–water partition coefficient (Wildman–Crippen LogP) is 7.61. The molecule has 0 radical (unpaired) electrons. The summed E-state index contributed by atoms with van der Waals surface area (Å²) in [6.07, 6.45) is 11.1. The second-order valence-electron chi connectivity index (χ2n) is 14.8. The van der Waals surface area contributed by atoms with Crippen molar-refractivity contribution in [3.63, 3.8) is 0 Å². The number of carbonyl (C=O) groups is 2. The van der Waals surface area contributed by atoms with Crippen LogP contribution < -0.4 is 0 Å². The van der Waals surface area contributed by atoms with E-state index in [1.54, 1.807) is 12.1 Å². The highest BCUT2D eigenvalue weighted by Gasteiger charge is 2.62. The number of halogens is 1. The van der Waals surface area contributed by atoms with Crippen molar-refractivity contribution < 1.29 is 24.5 Å². The summed E-state index contributed by atoms with van der Waals surface area (Å²) in [5, 5.41) is 21.8. The van der Waals surface area contributed by atoms with Crippen LogP contribution in [0.2, 0.25) is 0 Å². The fourth-order valence-corrected chi connectivity index (χ4v) is 10.5. The molecule has 1 aromatic carbocycles. The summed E-state index contributed by atoms with van der Waals surface area (Å²) < 4.78 is 6.27. The number of hydrogen-bond acceptors (Lipinski definition) is 5. The van der Waals surface area contributed by atoms with Crippen molar-refractivity contribution in [2.45, 2.75) is 111 Å². The van der Waals surface area contributed by atoms with Crippen molar-refractivity contribution in [3.05, 3.63) is 34.3 Å². The van der Waals surface area contributed by atoms with Gasteiger partial charge in [0.05, 0.1) is 18.1 Å². The molecule has 11 atom stereocenters. The largest absolute Gasteiger partial charge is 0.457 e. The number of aliphatic hydroxyl groups excluding tert-OH is 2. The topological polar surface area (TPSA) is 83.8 Å². The summed E-state index contributed by atoms with van der Waals surface area (Å²) in [4.78, 5) is 25.0. The predicted molar refractivity (Wildman–Crippen MR) is 164 cm³/mol. The Morgan fingerprint density at radius 3 is 2.37 bits per heavy atom. The summed E-state index contributed by atoms with van der Waals surface area (Å²) in [6.45, 7) is 9.11. The molecule has 0 spiro atoms. The second-order valence-corrected chi connectivity index (χ2v) is 15.7. The number of esters is 1. The van der Waals surface area contributed by atoms with Gasteiger partial charge in [0.15, 0.2) is 12.4 Å². The Morgan fingerprint density at radius 1 is 0.951 bits per heavy atom. The number of rotatable bonds is 9. The van der Waals surface area contributed by atoms with Crippen molar-refractivity contribution >= 4 is 27.7 Å². The molecule has 4 saturated carbocycles. The van der Waals surface area contributed by atoms with Crippen LogP contribution in [0.1, 0.15) is 109 Å². The first-order valence-electron chi connectivity index (χ1n) is 16.3. The summed E-state index contributed by atoms with van der Waals surface area (Å²) in [6, 6.07) is 7.10. The number of fused-ring (bicyclic) bond motifs is 5. The first-order chi connectivity index (χ1) is 19.4. The molecule has 0 amide bonds. The van der Waals surface area contributed by atoms with Gasteiger partial charge in [-0.1, -0.05) is 68.6 Å². The molecule has 2 N–H and O–H groups in total. The molecule has 4 fully saturated rings. The van der Waals surface area contributed by atoms with Gasteiger partial charge in [-0.15, -0.1) is 0 Å². The quantitative estimate of drug-likeness (QED) is 0.217. The van der Waals surface area contributed by atoms with Crippen molar-refractivity contribution in [2.75, 3.05) is 6.61 Å². The number of ether oxygens (including phenoxy) is 1. The molecule has 5 nitrogen and oxygen atoms in total. The number of benzene rings is 1. The highest BCUT2D eigenvalue weighted by Crippen LogP contribution is 2.68. The Kier molecular flexibility index (Phi) is 9.43. The molecule has 4 aliphatic rings. The third kappa shape index (κ3) is 6.09. The standard InChI is InChI=1S/C35H51BrO5/c1-21(6-5-7-22(2)33(40)41-20-31(39)23-8-10-25(36)11-9-23)27-12-13-28-32-29(15-17-35(27,28)4)34(3)16-14-26(37)18-24(34)19-30(32)38/h8-11,21-22,24,26-30,32,37-38H,5-7,12-20H2,1-4H3/t21-,22?,24+,26-,27-,28+,29+,30-,32+,34+,35-/m1/s1. The van der Waals surface area contributed by atoms with Crippen LogP contribution in [0.4, 0.5) is 0 Å². The Bertz CT molecular complexity index is 1090. The molecule has 41 heavy (non-hydrogen) atoms. The highest BCUT2D eigenvalue weighted by molar-refractivity contribution is 9.10. The molecule has 0 bridgehead atoms. The van der Waals surface area contributed by atoms with Gasteiger partial charge in [-0.05, 0) is 116 Å². The Labute approximate surface area is 255 Å². The molecular weight excluding hydrogens is 580 g/mol. The van der Waals surface area contributed by atoms with E-state index in [0.717, 1.165) is 49.4 Å². The maximum atomic E-state index is 12.6. The Hall–Kier alpha value is -1.24. The van der Waals surface area contributed by atoms with E-state index in [4.69, 9.17) is 4.74 Å². The van der Waals surface area contributed by atoms with Gasteiger partial charge in [0, 0.05) is 10.0 Å². The first-order valence-corrected chi connectivity index (χ1v) is 17.0. The van der Waals surface area contributed by atoms with Crippen LogP contribution >= 0.6 is 15.9 Å². The van der Waals surface area contributed by atoms with Crippen LogP contribution in [0.5, 0.6) is 0 Å². The van der Waals surface area contributed by atoms with Crippen LogP contribution in [0.25, 0.3) is 0 Å². The lowest BCUT2D eigenvalue weighted by Gasteiger charge is -2.62. The Balaban J connectivity index is 1.12. The van der Waals surface area contributed by atoms with Crippen molar-refractivity contribution in [3.8, 4) is 0 Å². The maximum Gasteiger partial charge on any atom is 0.309 e. The van der Waals surface area contributed by atoms with Crippen LogP contribution in [0, 0.1) is 52.3 Å². The SMILES string of the molecule is CC(CCC[C@@H](C)[C@H]1CC[C@H]2[C@@H]3[C@H](O)C[C@@H]4C[C@H](O)CC[C@]4(C)[C@H]3CC[C@]12C)C(=O)OCC(=O)c1ccc(Br)cc1. The van der Waals surface area contributed by atoms with Gasteiger partial charge in [-0.3, -0.25) is 9.59 Å². The first kappa shape index (κ1) is 31.2. The van der Waals surface area contributed by atoms with Gasteiger partial charge in [0.25, 0.3) is 0 Å². The molecule has 0 heterocycles. The van der Waals surface area contributed by atoms with Gasteiger partial charge in [0.1, 0.15) is 0 Å². The minimum atomic E-state index is -0.289. The second kappa shape index (κ2) is 12.4. The lowest BCUT2D eigenvalue weighted by Crippen LogP contribution is -2.58. The van der Waals surface area contributed by atoms with Crippen LogP contribution in [-0.4, -0.2) is 40.8 Å². The third-order valence-corrected chi connectivity index (χ3v) is 13.2. The summed E-state index contributed by atoms with van der Waals surface area (Å²) in [7, 11) is 0. The zero-order valence-electron chi connectivity index (χ0n) is 25.5. The molecule has 0 aliphatic heterocycles. The van der Waals surface area contributed by atoms with Crippen molar-refractivity contribution in [2.24, 2.45) is 52.3 Å². The maximum absolute atomic E-state index is 12.6. The fraction of sp³-hybridized carbons (Fsp3) is 0.771. The van der Waals surface area contributed by atoms with E-state index in [9.17, 15) is 19.8 Å². The molecular formula is C35H51BrO5. The number of aliphatic hydroxyl groups is 2. The lowest BCUT2D eigenvalue weighted by atomic mass is 9.43. The normalized spacial score (nSPS) is 39.6. The van der Waals surface area contributed by atoms with Crippen LogP contribution in [0.15, 0.2) is 28.7 Å². The summed E-state index contributed by atoms with van der Waals surface area (Å²) in [5.41, 5.74) is 1.09. The molecule has 1 aromatic rings. The highest BCUT2D eigenvalue weighted by atomic mass is 79.9. The summed E-state index contributed by atoms with van der Waals surface area (Å²) >= 11 is 3.37. The number of carbonyl (C=O) groups excluding carboxylic acids is 2. The van der Waals surface area contributed by atoms with E-state index in [2.05, 4.69) is 36.7 Å². The van der Waals surface area contributed by atoms with Gasteiger partial charge in [0.2, 0.25) is 0 Å². The summed E-state index contributed by atoms with van der Waals surface area (Å²) in [5.74, 6) is 2.57. The zero-order chi connectivity index (χ0) is 29.5. The van der Waals surface area contributed by atoms with E-state index < -0.39 is 0 Å². The van der Waals surface area contributed by atoms with E-state index in [0.29, 0.717) is 41.1 Å². The molecule has 228 valence electrons. The average Bonchev–Trinajstić information content (AvgIpc) is 3.30. The van der Waals surface area contributed by atoms with Gasteiger partial charge >= 0.3 is 5.97 Å². The van der Waals surface area contributed by atoms with E-state index in [-0.39, 0.29) is 47.3 Å². The molecule has 1 unspecified atom stereocenters. The number of ketones is 1. The van der Waals surface area contributed by atoms with Crippen molar-refractivity contribution in [1.29, 1.82) is 0 Å². The Morgan fingerprint density at radius 2 is 1.63 bits per heavy atom. The minimum Gasteiger partial charge on any atom is -0.457 e. The fourth-order valence-electron chi connectivity index (χ4n) is 10.2. The molecule has 6 heteroatoms. The molecule has 5 rings (SSSR count). The van der Waals surface area contributed by atoms with E-state index in [1.165, 1.54) is 25.7 Å². The van der Waals surface area contributed by atoms with E-state index in [1.807, 2.05) is 19.1 Å².